The number of ether oxygens (including phenoxy) is 1. The van der Waals surface area contributed by atoms with Gasteiger partial charge >= 0.3 is 0 Å². The first kappa shape index (κ1) is 19.5. The molecular formula is C22H26N4O2. The van der Waals surface area contributed by atoms with Crippen molar-refractivity contribution in [1.29, 1.82) is 0 Å². The molecule has 6 heteroatoms. The molecule has 6 nitrogen and oxygen atoms in total. The number of oxazole rings is 1. The van der Waals surface area contributed by atoms with Gasteiger partial charge in [0.15, 0.2) is 5.96 Å². The van der Waals surface area contributed by atoms with Crippen LogP contribution in [0.2, 0.25) is 0 Å². The molecule has 0 spiro atoms. The second-order valence-electron chi connectivity index (χ2n) is 6.29. The van der Waals surface area contributed by atoms with Gasteiger partial charge in [0.1, 0.15) is 24.3 Å². The molecule has 0 atom stereocenters. The molecule has 0 aliphatic heterocycles. The standard InChI is InChI=1S/C22H26N4O2/c1-3-23-22(24-13-14-27-20-11-9-17(2)10-12-20)25-15-19-16-28-21(26-19)18-7-5-4-6-8-18/h4-12,16H,3,13-15H2,1-2H3,(H2,23,24,25). The summed E-state index contributed by atoms with van der Waals surface area (Å²) in [4.78, 5) is 9.07. The quantitative estimate of drug-likeness (QED) is 0.355. The summed E-state index contributed by atoms with van der Waals surface area (Å²) in [6, 6.07) is 17.9. The minimum atomic E-state index is 0.435. The van der Waals surface area contributed by atoms with Crippen molar-refractivity contribution < 1.29 is 9.15 Å². The Labute approximate surface area is 165 Å². The van der Waals surface area contributed by atoms with Crippen LogP contribution in [0.5, 0.6) is 5.75 Å². The van der Waals surface area contributed by atoms with Gasteiger partial charge in [0.05, 0.1) is 13.1 Å². The zero-order chi connectivity index (χ0) is 19.6. The summed E-state index contributed by atoms with van der Waals surface area (Å²) in [6.07, 6.45) is 1.65. The maximum absolute atomic E-state index is 5.73. The molecule has 2 N–H and O–H groups in total. The van der Waals surface area contributed by atoms with Crippen molar-refractivity contribution in [2.24, 2.45) is 4.99 Å². The Morgan fingerprint density at radius 1 is 1.07 bits per heavy atom. The average molecular weight is 378 g/mol. The minimum Gasteiger partial charge on any atom is -0.492 e. The summed E-state index contributed by atoms with van der Waals surface area (Å²) in [5, 5.41) is 6.49. The van der Waals surface area contributed by atoms with E-state index >= 15 is 0 Å². The first-order valence-electron chi connectivity index (χ1n) is 9.46. The lowest BCUT2D eigenvalue weighted by atomic mass is 10.2. The van der Waals surface area contributed by atoms with Crippen LogP contribution in [0.3, 0.4) is 0 Å². The lowest BCUT2D eigenvalue weighted by molar-refractivity contribution is 0.322. The molecule has 3 rings (SSSR count). The number of hydrogen-bond acceptors (Lipinski definition) is 4. The fourth-order valence-corrected chi connectivity index (χ4v) is 2.57. The summed E-state index contributed by atoms with van der Waals surface area (Å²) in [6.45, 7) is 6.50. The summed E-state index contributed by atoms with van der Waals surface area (Å²) in [5.41, 5.74) is 2.96. The monoisotopic (exact) mass is 378 g/mol. The SMILES string of the molecule is CCNC(=NCc1coc(-c2ccccc2)n1)NCCOc1ccc(C)cc1. The van der Waals surface area contributed by atoms with Crippen LogP contribution in [0.1, 0.15) is 18.2 Å². The highest BCUT2D eigenvalue weighted by Crippen LogP contribution is 2.18. The van der Waals surface area contributed by atoms with Crippen molar-refractivity contribution >= 4 is 5.96 Å². The third-order valence-corrected chi connectivity index (χ3v) is 4.00. The van der Waals surface area contributed by atoms with Gasteiger partial charge in [-0.2, -0.15) is 0 Å². The number of rotatable bonds is 8. The molecule has 0 radical (unpaired) electrons. The lowest BCUT2D eigenvalue weighted by Crippen LogP contribution is -2.39. The average Bonchev–Trinajstić information content (AvgIpc) is 3.20. The number of guanidine groups is 1. The molecule has 0 aliphatic rings. The van der Waals surface area contributed by atoms with Crippen molar-refractivity contribution in [3.05, 3.63) is 72.1 Å². The number of benzene rings is 2. The van der Waals surface area contributed by atoms with Gasteiger partial charge < -0.3 is 19.8 Å². The Morgan fingerprint density at radius 2 is 1.86 bits per heavy atom. The van der Waals surface area contributed by atoms with Crippen LogP contribution in [0.15, 0.2) is 70.3 Å². The van der Waals surface area contributed by atoms with Gasteiger partial charge in [0.2, 0.25) is 5.89 Å². The van der Waals surface area contributed by atoms with Gasteiger partial charge in [-0.15, -0.1) is 0 Å². The minimum absolute atomic E-state index is 0.435. The molecule has 1 heterocycles. The zero-order valence-electron chi connectivity index (χ0n) is 16.3. The third kappa shape index (κ3) is 5.87. The molecule has 0 saturated heterocycles. The molecule has 0 unspecified atom stereocenters. The second kappa shape index (κ2) is 10.2. The van der Waals surface area contributed by atoms with Gasteiger partial charge in [0.25, 0.3) is 0 Å². The fraction of sp³-hybridized carbons (Fsp3) is 0.273. The van der Waals surface area contributed by atoms with Gasteiger partial charge in [0, 0.05) is 12.1 Å². The molecule has 2 aromatic carbocycles. The predicted octanol–water partition coefficient (Wildman–Crippen LogP) is 3.78. The van der Waals surface area contributed by atoms with Gasteiger partial charge in [-0.3, -0.25) is 0 Å². The third-order valence-electron chi connectivity index (χ3n) is 4.00. The smallest absolute Gasteiger partial charge is 0.226 e. The Morgan fingerprint density at radius 3 is 2.61 bits per heavy atom. The van der Waals surface area contributed by atoms with Crippen LogP contribution in [0.4, 0.5) is 0 Å². The van der Waals surface area contributed by atoms with Crippen LogP contribution in [0, 0.1) is 6.92 Å². The van der Waals surface area contributed by atoms with E-state index in [1.807, 2.05) is 61.5 Å². The van der Waals surface area contributed by atoms with Crippen LogP contribution in [-0.4, -0.2) is 30.6 Å². The molecule has 0 saturated carbocycles. The normalized spacial score (nSPS) is 11.3. The molecule has 146 valence electrons. The fourth-order valence-electron chi connectivity index (χ4n) is 2.57. The molecule has 3 aromatic rings. The summed E-state index contributed by atoms with van der Waals surface area (Å²) < 4.78 is 11.3. The van der Waals surface area contributed by atoms with Crippen LogP contribution < -0.4 is 15.4 Å². The number of nitrogens with one attached hydrogen (secondary N) is 2. The lowest BCUT2D eigenvalue weighted by Gasteiger charge is -2.12. The van der Waals surface area contributed by atoms with Crippen LogP contribution in [0.25, 0.3) is 11.5 Å². The molecular weight excluding hydrogens is 352 g/mol. The highest BCUT2D eigenvalue weighted by Gasteiger charge is 2.06. The number of nitrogens with zero attached hydrogens (tertiary/aromatic N) is 2. The van der Waals surface area contributed by atoms with E-state index in [4.69, 9.17) is 9.15 Å². The van der Waals surface area contributed by atoms with E-state index in [1.54, 1.807) is 6.26 Å². The number of aryl methyl sites for hydroxylation is 1. The molecule has 0 fully saturated rings. The van der Waals surface area contributed by atoms with E-state index in [1.165, 1.54) is 5.56 Å². The van der Waals surface area contributed by atoms with Crippen molar-refractivity contribution in [1.82, 2.24) is 15.6 Å². The van der Waals surface area contributed by atoms with Crippen LogP contribution >= 0.6 is 0 Å². The van der Waals surface area contributed by atoms with Gasteiger partial charge in [-0.1, -0.05) is 35.9 Å². The number of aliphatic imine (C=N–C) groups is 1. The van der Waals surface area contributed by atoms with Gasteiger partial charge in [-0.05, 0) is 38.1 Å². The van der Waals surface area contributed by atoms with Gasteiger partial charge in [-0.25, -0.2) is 9.98 Å². The number of hydrogen-bond donors (Lipinski definition) is 2. The van der Waals surface area contributed by atoms with E-state index in [2.05, 4.69) is 27.5 Å². The maximum Gasteiger partial charge on any atom is 0.226 e. The topological polar surface area (TPSA) is 71.7 Å². The van der Waals surface area contributed by atoms with Crippen molar-refractivity contribution in [2.45, 2.75) is 20.4 Å². The number of aromatic nitrogens is 1. The summed E-state index contributed by atoms with van der Waals surface area (Å²) >= 11 is 0. The van der Waals surface area contributed by atoms with Crippen molar-refractivity contribution in [3.8, 4) is 17.2 Å². The highest BCUT2D eigenvalue weighted by atomic mass is 16.5. The molecule has 0 bridgehead atoms. The Balaban J connectivity index is 1.50. The Kier molecular flexibility index (Phi) is 7.07. The second-order valence-corrected chi connectivity index (χ2v) is 6.29. The van der Waals surface area contributed by atoms with Crippen LogP contribution in [-0.2, 0) is 6.54 Å². The first-order valence-corrected chi connectivity index (χ1v) is 9.46. The molecule has 28 heavy (non-hydrogen) atoms. The largest absolute Gasteiger partial charge is 0.492 e. The van der Waals surface area contributed by atoms with E-state index in [9.17, 15) is 0 Å². The van der Waals surface area contributed by atoms with E-state index < -0.39 is 0 Å². The summed E-state index contributed by atoms with van der Waals surface area (Å²) in [5.74, 6) is 2.19. The Bertz CT molecular complexity index is 873. The predicted molar refractivity (Wildman–Crippen MR) is 111 cm³/mol. The zero-order valence-corrected chi connectivity index (χ0v) is 16.3. The highest BCUT2D eigenvalue weighted by molar-refractivity contribution is 5.79. The molecule has 1 aromatic heterocycles. The molecule has 0 amide bonds. The van der Waals surface area contributed by atoms with E-state index in [0.29, 0.717) is 25.6 Å². The maximum atomic E-state index is 5.73. The Hall–Kier alpha value is -3.28. The molecule has 0 aliphatic carbocycles. The van der Waals surface area contributed by atoms with E-state index in [-0.39, 0.29) is 0 Å². The first-order chi connectivity index (χ1) is 13.7. The van der Waals surface area contributed by atoms with E-state index in [0.717, 1.165) is 29.5 Å². The van der Waals surface area contributed by atoms with Crippen molar-refractivity contribution in [3.63, 3.8) is 0 Å². The van der Waals surface area contributed by atoms with Crippen molar-refractivity contribution in [2.75, 3.05) is 19.7 Å². The summed E-state index contributed by atoms with van der Waals surface area (Å²) in [7, 11) is 0.